The minimum absolute atomic E-state index is 0.526. The van der Waals surface area contributed by atoms with E-state index >= 15 is 0 Å². The molecule has 0 heterocycles. The van der Waals surface area contributed by atoms with E-state index in [1.165, 1.54) is 13.3 Å². The zero-order chi connectivity index (χ0) is 14.9. The van der Waals surface area contributed by atoms with E-state index in [4.69, 9.17) is 4.74 Å². The minimum atomic E-state index is -0.603. The Morgan fingerprint density at radius 2 is 1.86 bits per heavy atom. The molecule has 2 aromatic carbocycles. The van der Waals surface area contributed by atoms with Crippen molar-refractivity contribution in [3.8, 4) is 5.75 Å². The molecule has 0 bridgehead atoms. The van der Waals surface area contributed by atoms with Crippen LogP contribution in [-0.4, -0.2) is 19.4 Å². The van der Waals surface area contributed by atoms with E-state index in [0.717, 1.165) is 16.9 Å². The summed E-state index contributed by atoms with van der Waals surface area (Å²) in [6, 6.07) is 17.4. The Bertz CT molecular complexity index is 595. The quantitative estimate of drug-likeness (QED) is 0.678. The number of benzene rings is 2. The third kappa shape index (κ3) is 4.99. The molecule has 2 aromatic rings. The molecule has 0 spiro atoms. The van der Waals surface area contributed by atoms with Gasteiger partial charge in [-0.3, -0.25) is 0 Å². The summed E-state index contributed by atoms with van der Waals surface area (Å²) >= 11 is 0. The molecule has 21 heavy (non-hydrogen) atoms. The molecule has 108 valence electrons. The number of rotatable bonds is 5. The fraction of sp³-hybridized carbons (Fsp3) is 0.125. The van der Waals surface area contributed by atoms with Crippen molar-refractivity contribution < 1.29 is 14.3 Å². The maximum absolute atomic E-state index is 10.8. The molecule has 1 N–H and O–H groups in total. The zero-order valence-corrected chi connectivity index (χ0v) is 11.7. The first kappa shape index (κ1) is 14.6. The topological polar surface area (TPSA) is 59.9 Å². The number of ether oxygens (including phenoxy) is 2. The lowest BCUT2D eigenvalue weighted by atomic mass is 10.2. The fourth-order valence-corrected chi connectivity index (χ4v) is 1.60. The van der Waals surface area contributed by atoms with Gasteiger partial charge in [0.1, 0.15) is 12.4 Å². The summed E-state index contributed by atoms with van der Waals surface area (Å²) in [5.41, 5.74) is 4.18. The van der Waals surface area contributed by atoms with Crippen LogP contribution in [0.15, 0.2) is 59.7 Å². The van der Waals surface area contributed by atoms with Gasteiger partial charge in [0.05, 0.1) is 13.3 Å². The molecule has 0 aliphatic heterocycles. The Labute approximate surface area is 123 Å². The normalized spacial score (nSPS) is 10.3. The van der Waals surface area contributed by atoms with Crippen LogP contribution in [0.2, 0.25) is 0 Å². The van der Waals surface area contributed by atoms with Gasteiger partial charge in [0.25, 0.3) is 0 Å². The SMILES string of the molecule is COC(=O)N/N=C/c1ccc(OCc2ccccc2)cc1. The molecule has 0 saturated heterocycles. The van der Waals surface area contributed by atoms with Crippen LogP contribution in [0.25, 0.3) is 0 Å². The predicted octanol–water partition coefficient (Wildman–Crippen LogP) is 2.96. The second-order valence-electron chi connectivity index (χ2n) is 4.20. The van der Waals surface area contributed by atoms with Gasteiger partial charge < -0.3 is 9.47 Å². The number of nitrogens with one attached hydrogen (secondary N) is 1. The second kappa shape index (κ2) is 7.69. The highest BCUT2D eigenvalue weighted by Gasteiger charge is 1.96. The van der Waals surface area contributed by atoms with Gasteiger partial charge in [-0.15, -0.1) is 0 Å². The Balaban J connectivity index is 1.85. The van der Waals surface area contributed by atoms with Gasteiger partial charge in [0.15, 0.2) is 0 Å². The van der Waals surface area contributed by atoms with E-state index in [0.29, 0.717) is 6.61 Å². The molecule has 0 fully saturated rings. The smallest absolute Gasteiger partial charge is 0.427 e. The molecule has 0 saturated carbocycles. The Kier molecular flexibility index (Phi) is 5.34. The van der Waals surface area contributed by atoms with E-state index in [-0.39, 0.29) is 0 Å². The van der Waals surface area contributed by atoms with Crippen LogP contribution in [-0.2, 0) is 11.3 Å². The van der Waals surface area contributed by atoms with Crippen molar-refractivity contribution in [3.05, 3.63) is 65.7 Å². The number of amides is 1. The van der Waals surface area contributed by atoms with Gasteiger partial charge in [0, 0.05) is 0 Å². The van der Waals surface area contributed by atoms with Crippen LogP contribution in [0.1, 0.15) is 11.1 Å². The van der Waals surface area contributed by atoms with Crippen LogP contribution in [0.5, 0.6) is 5.75 Å². The van der Waals surface area contributed by atoms with Crippen LogP contribution < -0.4 is 10.2 Å². The number of hydrogen-bond acceptors (Lipinski definition) is 4. The van der Waals surface area contributed by atoms with E-state index < -0.39 is 6.09 Å². The molecule has 0 aromatic heterocycles. The number of hydrogen-bond donors (Lipinski definition) is 1. The first-order chi connectivity index (χ1) is 10.3. The van der Waals surface area contributed by atoms with Gasteiger partial charge >= 0.3 is 6.09 Å². The Morgan fingerprint density at radius 1 is 1.14 bits per heavy atom. The van der Waals surface area contributed by atoms with Crippen LogP contribution in [0.4, 0.5) is 4.79 Å². The Hall–Kier alpha value is -2.82. The van der Waals surface area contributed by atoms with Gasteiger partial charge in [-0.05, 0) is 35.4 Å². The summed E-state index contributed by atoms with van der Waals surface area (Å²) in [5.74, 6) is 0.775. The Morgan fingerprint density at radius 3 is 2.52 bits per heavy atom. The van der Waals surface area contributed by atoms with Crippen LogP contribution >= 0.6 is 0 Å². The number of carbonyl (C=O) groups is 1. The van der Waals surface area contributed by atoms with Gasteiger partial charge in [-0.1, -0.05) is 30.3 Å². The van der Waals surface area contributed by atoms with E-state index in [1.54, 1.807) is 0 Å². The molecule has 0 unspecified atom stereocenters. The summed E-state index contributed by atoms with van der Waals surface area (Å²) in [6.07, 6.45) is 0.923. The molecule has 0 radical (unpaired) electrons. The second-order valence-corrected chi connectivity index (χ2v) is 4.20. The van der Waals surface area contributed by atoms with Crippen molar-refractivity contribution in [3.63, 3.8) is 0 Å². The van der Waals surface area contributed by atoms with Gasteiger partial charge in [-0.25, -0.2) is 10.2 Å². The van der Waals surface area contributed by atoms with Crippen LogP contribution in [0.3, 0.4) is 0 Å². The van der Waals surface area contributed by atoms with Crippen molar-refractivity contribution in [2.24, 2.45) is 5.10 Å². The highest BCUT2D eigenvalue weighted by Crippen LogP contribution is 2.13. The maximum atomic E-state index is 10.8. The fourth-order valence-electron chi connectivity index (χ4n) is 1.60. The molecule has 5 nitrogen and oxygen atoms in total. The number of carbonyl (C=O) groups excluding carboxylic acids is 1. The highest BCUT2D eigenvalue weighted by atomic mass is 16.5. The monoisotopic (exact) mass is 284 g/mol. The molecule has 0 aliphatic rings. The number of methoxy groups -OCH3 is 1. The van der Waals surface area contributed by atoms with Crippen molar-refractivity contribution >= 4 is 12.3 Å². The first-order valence-electron chi connectivity index (χ1n) is 6.42. The molecule has 2 rings (SSSR count). The highest BCUT2D eigenvalue weighted by molar-refractivity contribution is 5.80. The van der Waals surface area contributed by atoms with E-state index in [9.17, 15) is 4.79 Å². The molecule has 0 aliphatic carbocycles. The van der Waals surface area contributed by atoms with E-state index in [2.05, 4.69) is 15.3 Å². The van der Waals surface area contributed by atoms with Crippen LogP contribution in [0, 0.1) is 0 Å². The summed E-state index contributed by atoms with van der Waals surface area (Å²) in [6.45, 7) is 0.526. The summed E-state index contributed by atoms with van der Waals surface area (Å²) in [5, 5.41) is 3.75. The summed E-state index contributed by atoms with van der Waals surface area (Å²) < 4.78 is 10.1. The molecular formula is C16H16N2O3. The van der Waals surface area contributed by atoms with Crippen molar-refractivity contribution in [1.29, 1.82) is 0 Å². The predicted molar refractivity (Wildman–Crippen MR) is 80.4 cm³/mol. The van der Waals surface area contributed by atoms with Gasteiger partial charge in [-0.2, -0.15) is 5.10 Å². The largest absolute Gasteiger partial charge is 0.489 e. The lowest BCUT2D eigenvalue weighted by Gasteiger charge is -2.06. The third-order valence-electron chi connectivity index (χ3n) is 2.68. The summed E-state index contributed by atoms with van der Waals surface area (Å²) in [4.78, 5) is 10.8. The lowest BCUT2D eigenvalue weighted by Crippen LogP contribution is -2.16. The van der Waals surface area contributed by atoms with Gasteiger partial charge in [0.2, 0.25) is 0 Å². The molecular weight excluding hydrogens is 268 g/mol. The number of nitrogens with zero attached hydrogens (tertiary/aromatic N) is 1. The van der Waals surface area contributed by atoms with Crippen molar-refractivity contribution in [2.45, 2.75) is 6.61 Å². The standard InChI is InChI=1S/C16H16N2O3/c1-20-16(19)18-17-11-13-7-9-15(10-8-13)21-12-14-5-3-2-4-6-14/h2-11H,12H2,1H3,(H,18,19)/b17-11+. The van der Waals surface area contributed by atoms with Crippen molar-refractivity contribution in [2.75, 3.05) is 7.11 Å². The average Bonchev–Trinajstić information content (AvgIpc) is 2.55. The maximum Gasteiger partial charge on any atom is 0.427 e. The number of hydrazone groups is 1. The minimum Gasteiger partial charge on any atom is -0.489 e. The summed E-state index contributed by atoms with van der Waals surface area (Å²) in [7, 11) is 1.28. The third-order valence-corrected chi connectivity index (χ3v) is 2.68. The van der Waals surface area contributed by atoms with E-state index in [1.807, 2.05) is 54.6 Å². The zero-order valence-electron chi connectivity index (χ0n) is 11.7. The first-order valence-corrected chi connectivity index (χ1v) is 6.42. The molecule has 0 atom stereocenters. The molecule has 1 amide bonds. The average molecular weight is 284 g/mol. The lowest BCUT2D eigenvalue weighted by molar-refractivity contribution is 0.171. The van der Waals surface area contributed by atoms with Crippen molar-refractivity contribution in [1.82, 2.24) is 5.43 Å². The molecule has 5 heteroatoms.